The number of aromatic amines is 1. The maximum absolute atomic E-state index is 8.82. The van der Waals surface area contributed by atoms with Crippen LogP contribution < -0.4 is 10.1 Å². The lowest BCUT2D eigenvalue weighted by Gasteiger charge is -2.20. The van der Waals surface area contributed by atoms with Crippen LogP contribution in [0, 0.1) is 11.3 Å². The van der Waals surface area contributed by atoms with Crippen LogP contribution in [-0.2, 0) is 11.3 Å². The summed E-state index contributed by atoms with van der Waals surface area (Å²) >= 11 is 0. The summed E-state index contributed by atoms with van der Waals surface area (Å²) in [6.45, 7) is 7.08. The van der Waals surface area contributed by atoms with Crippen molar-refractivity contribution in [2.24, 2.45) is 0 Å². The van der Waals surface area contributed by atoms with Gasteiger partial charge in [0.1, 0.15) is 17.6 Å². The second-order valence-electron chi connectivity index (χ2n) is 8.04. The van der Waals surface area contributed by atoms with E-state index in [4.69, 9.17) is 14.7 Å². The van der Waals surface area contributed by atoms with Crippen LogP contribution in [0.5, 0.6) is 5.75 Å². The topological polar surface area (TPSA) is 112 Å². The molecule has 1 fully saturated rings. The van der Waals surface area contributed by atoms with Crippen molar-refractivity contribution >= 4 is 24.0 Å². The fraction of sp³-hybridized carbons (Fsp3) is 0.391. The van der Waals surface area contributed by atoms with E-state index in [1.165, 1.54) is 12.4 Å². The van der Waals surface area contributed by atoms with Crippen LogP contribution in [-0.4, -0.2) is 57.4 Å². The Hall–Kier alpha value is -3.19. The number of aromatic nitrogens is 4. The highest BCUT2D eigenvalue weighted by atomic mass is 35.5. The number of benzene rings is 1. The van der Waals surface area contributed by atoms with Crippen molar-refractivity contribution in [1.29, 1.82) is 5.26 Å². The average Bonchev–Trinajstić information content (AvgIpc) is 3.48. The van der Waals surface area contributed by atoms with Gasteiger partial charge in [0.15, 0.2) is 11.5 Å². The molecule has 33 heavy (non-hydrogen) atoms. The molecule has 0 radical (unpaired) electrons. The molecule has 10 heteroatoms. The molecule has 9 nitrogen and oxygen atoms in total. The number of likely N-dealkylation sites (tertiary alicyclic amines) is 1. The van der Waals surface area contributed by atoms with Crippen molar-refractivity contribution in [2.45, 2.75) is 39.0 Å². The van der Waals surface area contributed by atoms with Crippen LogP contribution >= 0.6 is 12.4 Å². The monoisotopic (exact) mass is 469 g/mol. The third-order valence-corrected chi connectivity index (χ3v) is 5.55. The highest BCUT2D eigenvalue weighted by Crippen LogP contribution is 2.31. The zero-order valence-electron chi connectivity index (χ0n) is 18.9. The van der Waals surface area contributed by atoms with Gasteiger partial charge in [-0.1, -0.05) is 6.07 Å². The third kappa shape index (κ3) is 5.99. The Bertz CT molecular complexity index is 1090. The SMILES string of the molecule is COc1cc(CO[C@H]2CCN(C(C)C)C2)ccc1-c1cc(Nc2cnc(C#N)cn2)n[nH]1.Cl. The fourth-order valence-electron chi connectivity index (χ4n) is 3.73. The number of nitriles is 1. The van der Waals surface area contributed by atoms with Gasteiger partial charge in [-0.2, -0.15) is 10.4 Å². The predicted octanol–water partition coefficient (Wildman–Crippen LogP) is 3.91. The minimum atomic E-state index is 0. The van der Waals surface area contributed by atoms with Gasteiger partial charge in [0, 0.05) is 30.8 Å². The maximum Gasteiger partial charge on any atom is 0.158 e. The number of rotatable bonds is 8. The second-order valence-corrected chi connectivity index (χ2v) is 8.04. The summed E-state index contributed by atoms with van der Waals surface area (Å²) in [4.78, 5) is 10.6. The number of anilines is 2. The molecule has 0 unspecified atom stereocenters. The van der Waals surface area contributed by atoms with Gasteiger partial charge in [0.05, 0.1) is 37.9 Å². The maximum atomic E-state index is 8.82. The average molecular weight is 470 g/mol. The molecule has 1 aliphatic heterocycles. The molecule has 4 rings (SSSR count). The lowest BCUT2D eigenvalue weighted by Crippen LogP contribution is -2.29. The first-order valence-corrected chi connectivity index (χ1v) is 10.6. The highest BCUT2D eigenvalue weighted by molar-refractivity contribution is 5.85. The van der Waals surface area contributed by atoms with Gasteiger partial charge in [-0.3, -0.25) is 10.00 Å². The van der Waals surface area contributed by atoms with Gasteiger partial charge < -0.3 is 14.8 Å². The van der Waals surface area contributed by atoms with Crippen LogP contribution in [0.25, 0.3) is 11.3 Å². The Balaban J connectivity index is 0.00000306. The largest absolute Gasteiger partial charge is 0.496 e. The lowest BCUT2D eigenvalue weighted by atomic mass is 10.1. The number of ether oxygens (including phenoxy) is 2. The summed E-state index contributed by atoms with van der Waals surface area (Å²) in [6.07, 6.45) is 4.24. The molecule has 3 aromatic rings. The molecule has 0 saturated carbocycles. The molecule has 1 saturated heterocycles. The van der Waals surface area contributed by atoms with Gasteiger partial charge in [-0.25, -0.2) is 9.97 Å². The molecule has 0 bridgehead atoms. The van der Waals surface area contributed by atoms with E-state index < -0.39 is 0 Å². The number of H-pyrrole nitrogens is 1. The molecular formula is C23H28ClN7O2. The summed E-state index contributed by atoms with van der Waals surface area (Å²) in [5.74, 6) is 1.84. The lowest BCUT2D eigenvalue weighted by molar-refractivity contribution is 0.0443. The summed E-state index contributed by atoms with van der Waals surface area (Å²) < 4.78 is 11.8. The van der Waals surface area contributed by atoms with Gasteiger partial charge >= 0.3 is 0 Å². The highest BCUT2D eigenvalue weighted by Gasteiger charge is 2.24. The normalized spacial score (nSPS) is 15.8. The van der Waals surface area contributed by atoms with E-state index in [0.29, 0.717) is 24.3 Å². The Morgan fingerprint density at radius 2 is 2.09 bits per heavy atom. The number of methoxy groups -OCH3 is 1. The van der Waals surface area contributed by atoms with Crippen LogP contribution in [0.3, 0.4) is 0 Å². The van der Waals surface area contributed by atoms with Crippen LogP contribution in [0.2, 0.25) is 0 Å². The molecule has 1 atom stereocenters. The van der Waals surface area contributed by atoms with Crippen molar-refractivity contribution in [2.75, 3.05) is 25.5 Å². The number of nitrogens with one attached hydrogen (secondary N) is 2. The first-order chi connectivity index (χ1) is 15.6. The molecule has 0 aliphatic carbocycles. The van der Waals surface area contributed by atoms with Gasteiger partial charge in [0.25, 0.3) is 0 Å². The number of hydrogen-bond acceptors (Lipinski definition) is 8. The van der Waals surface area contributed by atoms with Crippen LogP contribution in [0.4, 0.5) is 11.6 Å². The van der Waals surface area contributed by atoms with Crippen molar-refractivity contribution in [3.05, 3.63) is 47.9 Å². The summed E-state index contributed by atoms with van der Waals surface area (Å²) in [5, 5.41) is 19.2. The Morgan fingerprint density at radius 1 is 1.24 bits per heavy atom. The molecule has 174 valence electrons. The first-order valence-electron chi connectivity index (χ1n) is 10.6. The summed E-state index contributed by atoms with van der Waals surface area (Å²) in [5.41, 5.74) is 3.04. The van der Waals surface area contributed by atoms with E-state index in [2.05, 4.69) is 44.2 Å². The van der Waals surface area contributed by atoms with Crippen LogP contribution in [0.15, 0.2) is 36.7 Å². The van der Waals surface area contributed by atoms with Crippen molar-refractivity contribution < 1.29 is 9.47 Å². The molecular weight excluding hydrogens is 442 g/mol. The van der Waals surface area contributed by atoms with E-state index in [1.807, 2.05) is 30.3 Å². The molecule has 3 heterocycles. The molecule has 0 spiro atoms. The number of nitrogens with zero attached hydrogens (tertiary/aromatic N) is 5. The zero-order chi connectivity index (χ0) is 22.5. The fourth-order valence-corrected chi connectivity index (χ4v) is 3.73. The Labute approximate surface area is 199 Å². The van der Waals surface area contributed by atoms with E-state index in [1.54, 1.807) is 7.11 Å². The molecule has 2 N–H and O–H groups in total. The van der Waals surface area contributed by atoms with Crippen molar-refractivity contribution in [1.82, 2.24) is 25.1 Å². The van der Waals surface area contributed by atoms with Crippen molar-refractivity contribution in [3.8, 4) is 23.1 Å². The molecule has 1 aliphatic rings. The summed E-state index contributed by atoms with van der Waals surface area (Å²) in [7, 11) is 1.66. The minimum Gasteiger partial charge on any atom is -0.496 e. The molecule has 1 aromatic carbocycles. The van der Waals surface area contributed by atoms with Gasteiger partial charge in [0.2, 0.25) is 0 Å². The predicted molar refractivity (Wildman–Crippen MR) is 128 cm³/mol. The summed E-state index contributed by atoms with van der Waals surface area (Å²) in [6, 6.07) is 10.4. The van der Waals surface area contributed by atoms with Crippen LogP contribution in [0.1, 0.15) is 31.5 Å². The Kier molecular flexibility index (Phi) is 8.22. The third-order valence-electron chi connectivity index (χ3n) is 5.55. The van der Waals surface area contributed by atoms with Crippen molar-refractivity contribution in [3.63, 3.8) is 0 Å². The van der Waals surface area contributed by atoms with E-state index >= 15 is 0 Å². The number of halogens is 1. The number of hydrogen-bond donors (Lipinski definition) is 2. The smallest absolute Gasteiger partial charge is 0.158 e. The van der Waals surface area contributed by atoms with Gasteiger partial charge in [-0.05, 0) is 38.0 Å². The van der Waals surface area contributed by atoms with E-state index in [0.717, 1.165) is 42.1 Å². The standard InChI is InChI=1S/C23H27N7O2.ClH/c1-15(2)30-7-6-18(13-30)32-14-16-4-5-19(21(8-16)31-3)20-9-22(29-28-20)27-23-12-25-17(10-24)11-26-23;/h4-5,8-9,11-12,15,18H,6-7,13-14H2,1-3H3,(H2,26,27,28,29);1H/t18-;/m0./s1. The quantitative estimate of drug-likeness (QED) is 0.510. The second kappa shape index (κ2) is 11.1. The molecule has 2 aromatic heterocycles. The van der Waals surface area contributed by atoms with Gasteiger partial charge in [-0.15, -0.1) is 12.4 Å². The first kappa shape index (κ1) is 24.5. The molecule has 0 amide bonds. The van der Waals surface area contributed by atoms with E-state index in [-0.39, 0.29) is 24.2 Å². The van der Waals surface area contributed by atoms with E-state index in [9.17, 15) is 0 Å². The zero-order valence-corrected chi connectivity index (χ0v) is 19.7. The minimum absolute atomic E-state index is 0. The Morgan fingerprint density at radius 3 is 2.76 bits per heavy atom.